The summed E-state index contributed by atoms with van der Waals surface area (Å²) in [6.07, 6.45) is -5.57. The number of halogens is 5. The first kappa shape index (κ1) is 29.1. The summed E-state index contributed by atoms with van der Waals surface area (Å²) in [5, 5.41) is 6.13. The Morgan fingerprint density at radius 2 is 1.95 bits per heavy atom. The lowest BCUT2D eigenvalue weighted by molar-refractivity contribution is -0.150. The van der Waals surface area contributed by atoms with E-state index in [9.17, 15) is 31.5 Å². The molecule has 0 spiro atoms. The molecule has 2 aromatic heterocycles. The van der Waals surface area contributed by atoms with Crippen molar-refractivity contribution in [3.8, 4) is 0 Å². The van der Waals surface area contributed by atoms with E-state index in [1.807, 2.05) is 5.32 Å². The third-order valence-electron chi connectivity index (χ3n) is 8.08. The van der Waals surface area contributed by atoms with E-state index < -0.39 is 67.2 Å². The summed E-state index contributed by atoms with van der Waals surface area (Å²) in [7, 11) is 1.30. The second-order valence-electron chi connectivity index (χ2n) is 10.9. The Kier molecular flexibility index (Phi) is 7.83. The van der Waals surface area contributed by atoms with Crippen molar-refractivity contribution in [3.05, 3.63) is 65.6 Å². The average Bonchev–Trinajstić information content (AvgIpc) is 3.55. The molecule has 3 amide bonds. The number of nitrogens with zero attached hydrogens (tertiary/aromatic N) is 4. The van der Waals surface area contributed by atoms with Crippen LogP contribution in [-0.2, 0) is 21.5 Å². The SMILES string of the molecule is [2H]c1nn2cc([C@@](Cc3ccccc3)(OC(N)=O)C3CCC(F)(F)CC3)nc2cc1[C@@H](COC)N1C[C@@H](C(F)(F)F)NC1=O. The summed E-state index contributed by atoms with van der Waals surface area (Å²) in [5.41, 5.74) is 5.01. The molecule has 1 aliphatic carbocycles. The van der Waals surface area contributed by atoms with Crippen LogP contribution in [-0.4, -0.2) is 70.0 Å². The third-order valence-corrected chi connectivity index (χ3v) is 8.08. The molecule has 3 atom stereocenters. The predicted molar refractivity (Wildman–Crippen MR) is 142 cm³/mol. The number of methoxy groups -OCH3 is 1. The van der Waals surface area contributed by atoms with Gasteiger partial charge >= 0.3 is 18.3 Å². The average molecular weight is 612 g/mol. The van der Waals surface area contributed by atoms with Gasteiger partial charge in [-0.1, -0.05) is 30.3 Å². The molecule has 3 aromatic rings. The number of carbonyl (C=O) groups excluding carboxylic acids is 2. The number of amides is 3. The molecule has 5 rings (SSSR count). The van der Waals surface area contributed by atoms with Crippen molar-refractivity contribution >= 4 is 17.8 Å². The lowest BCUT2D eigenvalue weighted by Crippen LogP contribution is -2.46. The number of benzene rings is 1. The molecule has 15 heteroatoms. The van der Waals surface area contributed by atoms with Gasteiger partial charge < -0.3 is 25.4 Å². The summed E-state index contributed by atoms with van der Waals surface area (Å²) in [5.74, 6) is -3.48. The largest absolute Gasteiger partial charge is 0.436 e. The second-order valence-corrected chi connectivity index (χ2v) is 10.9. The van der Waals surface area contributed by atoms with Gasteiger partial charge in [0, 0.05) is 37.9 Å². The zero-order valence-corrected chi connectivity index (χ0v) is 23.1. The molecule has 0 unspecified atom stereocenters. The normalized spacial score (nSPS) is 21.7. The summed E-state index contributed by atoms with van der Waals surface area (Å²) in [4.78, 5) is 30.5. The Hall–Kier alpha value is -4.01. The number of fused-ring (bicyclic) bond motifs is 1. The standard InChI is InChI=1S/C28H31F5N6O4/c1-42-16-20(38-14-22(28(31,32)33)37-25(38)41)18-11-23-36-21(15-39(23)35-13-18)27(43-24(34)40,12-17-5-3-2-4-6-17)19-7-9-26(29,30)10-8-19/h2-6,11,13,15,19-20,22H,7-10,12,14,16H2,1H3,(H2,34,40)(H,37,41)/t20-,22+,27+/m1/s1/i13D. The van der Waals surface area contributed by atoms with Crippen molar-refractivity contribution in [2.45, 2.75) is 61.9 Å². The van der Waals surface area contributed by atoms with E-state index in [4.69, 9.17) is 16.6 Å². The van der Waals surface area contributed by atoms with Gasteiger partial charge in [0.05, 0.1) is 32.9 Å². The Bertz CT molecular complexity index is 1510. The molecule has 2 fully saturated rings. The van der Waals surface area contributed by atoms with E-state index in [1.165, 1.54) is 23.9 Å². The maximum absolute atomic E-state index is 14.2. The fourth-order valence-corrected chi connectivity index (χ4v) is 5.94. The molecule has 3 N–H and O–H groups in total. The Morgan fingerprint density at radius 1 is 1.26 bits per heavy atom. The van der Waals surface area contributed by atoms with E-state index in [1.54, 1.807) is 30.3 Å². The van der Waals surface area contributed by atoms with E-state index in [-0.39, 0.29) is 48.9 Å². The molecular weight excluding hydrogens is 579 g/mol. The number of carbonyl (C=O) groups is 2. The van der Waals surface area contributed by atoms with Gasteiger partial charge in [0.2, 0.25) is 5.92 Å². The maximum atomic E-state index is 14.2. The third kappa shape index (κ3) is 6.36. The first-order chi connectivity index (χ1) is 20.7. The first-order valence-corrected chi connectivity index (χ1v) is 13.6. The first-order valence-electron chi connectivity index (χ1n) is 14.1. The van der Waals surface area contributed by atoms with Crippen LogP contribution in [0.2, 0.25) is 0 Å². The number of nitrogens with two attached hydrogens (primary N) is 1. The van der Waals surface area contributed by atoms with Crippen molar-refractivity contribution in [2.75, 3.05) is 20.3 Å². The van der Waals surface area contributed by atoms with E-state index in [0.717, 1.165) is 10.5 Å². The summed E-state index contributed by atoms with van der Waals surface area (Å²) in [6.45, 7) is -0.950. The number of hydrogen-bond acceptors (Lipinski definition) is 6. The monoisotopic (exact) mass is 611 g/mol. The van der Waals surface area contributed by atoms with Crippen molar-refractivity contribution in [1.82, 2.24) is 24.8 Å². The minimum absolute atomic E-state index is 0.00369. The predicted octanol–water partition coefficient (Wildman–Crippen LogP) is 4.73. The van der Waals surface area contributed by atoms with Gasteiger partial charge in [0.15, 0.2) is 11.2 Å². The Balaban J connectivity index is 1.59. The maximum Gasteiger partial charge on any atom is 0.410 e. The van der Waals surface area contributed by atoms with E-state index >= 15 is 0 Å². The molecule has 3 heterocycles. The van der Waals surface area contributed by atoms with E-state index in [2.05, 4.69) is 10.1 Å². The van der Waals surface area contributed by atoms with Crippen LogP contribution in [0.15, 0.2) is 48.8 Å². The molecule has 1 saturated carbocycles. The van der Waals surface area contributed by atoms with Crippen molar-refractivity contribution < 1.29 is 42.4 Å². The topological polar surface area (TPSA) is 124 Å². The number of urea groups is 1. The molecule has 10 nitrogen and oxygen atoms in total. The minimum atomic E-state index is -4.68. The van der Waals surface area contributed by atoms with Gasteiger partial charge in [-0.15, -0.1) is 0 Å². The molecule has 0 bridgehead atoms. The number of aromatic nitrogens is 3. The highest BCUT2D eigenvalue weighted by atomic mass is 19.4. The van der Waals surface area contributed by atoms with Gasteiger partial charge in [-0.2, -0.15) is 18.3 Å². The highest BCUT2D eigenvalue weighted by molar-refractivity contribution is 5.77. The van der Waals surface area contributed by atoms with Crippen LogP contribution >= 0.6 is 0 Å². The van der Waals surface area contributed by atoms with Gasteiger partial charge in [-0.25, -0.2) is 27.9 Å². The van der Waals surface area contributed by atoms with Crippen LogP contribution in [0, 0.1) is 5.92 Å². The van der Waals surface area contributed by atoms with Crippen LogP contribution < -0.4 is 11.1 Å². The van der Waals surface area contributed by atoms with Gasteiger partial charge in [-0.3, -0.25) is 0 Å². The zero-order valence-electron chi connectivity index (χ0n) is 24.1. The molecule has 1 saturated heterocycles. The molecule has 1 aromatic carbocycles. The highest BCUT2D eigenvalue weighted by Crippen LogP contribution is 2.48. The number of hydrogen-bond donors (Lipinski definition) is 2. The number of imidazole rings is 1. The molecule has 43 heavy (non-hydrogen) atoms. The smallest absolute Gasteiger partial charge is 0.410 e. The highest BCUT2D eigenvalue weighted by Gasteiger charge is 2.51. The van der Waals surface area contributed by atoms with E-state index in [0.29, 0.717) is 0 Å². The number of ether oxygens (including phenoxy) is 2. The summed E-state index contributed by atoms with van der Waals surface area (Å²) >= 11 is 0. The molecular formula is C28H31F5N6O4. The van der Waals surface area contributed by atoms with Crippen LogP contribution in [0.25, 0.3) is 5.65 Å². The van der Waals surface area contributed by atoms with Crippen molar-refractivity contribution in [3.63, 3.8) is 0 Å². The Morgan fingerprint density at radius 3 is 2.56 bits per heavy atom. The van der Waals surface area contributed by atoms with Crippen molar-refractivity contribution in [1.29, 1.82) is 0 Å². The molecule has 2 aliphatic rings. The van der Waals surface area contributed by atoms with Crippen LogP contribution in [0.1, 0.15) is 49.9 Å². The van der Waals surface area contributed by atoms with Gasteiger partial charge in [0.1, 0.15) is 11.7 Å². The molecule has 1 aliphatic heterocycles. The summed E-state index contributed by atoms with van der Waals surface area (Å²) < 4.78 is 89.4. The lowest BCUT2D eigenvalue weighted by Gasteiger charge is -2.42. The number of rotatable bonds is 9. The zero-order chi connectivity index (χ0) is 31.9. The number of nitrogens with one attached hydrogen (secondary N) is 1. The van der Waals surface area contributed by atoms with Crippen molar-refractivity contribution in [2.24, 2.45) is 11.7 Å². The number of primary amides is 1. The fraction of sp³-hybridized carbons (Fsp3) is 0.500. The molecule has 232 valence electrons. The fourth-order valence-electron chi connectivity index (χ4n) is 5.94. The number of alkyl halides is 5. The molecule has 0 radical (unpaired) electrons. The van der Waals surface area contributed by atoms with Crippen LogP contribution in [0.5, 0.6) is 0 Å². The summed E-state index contributed by atoms with van der Waals surface area (Å²) in [6, 6.07) is 6.10. The Labute approximate surface area is 244 Å². The van der Waals surface area contributed by atoms with Crippen LogP contribution in [0.3, 0.4) is 0 Å². The van der Waals surface area contributed by atoms with Crippen LogP contribution in [0.4, 0.5) is 31.5 Å². The second kappa shape index (κ2) is 11.6. The lowest BCUT2D eigenvalue weighted by atomic mass is 9.71. The van der Waals surface area contributed by atoms with Gasteiger partial charge in [-0.05, 0) is 24.5 Å². The minimum Gasteiger partial charge on any atom is -0.436 e. The quantitative estimate of drug-likeness (QED) is 0.337. The van der Waals surface area contributed by atoms with Gasteiger partial charge in [0.25, 0.3) is 0 Å².